The Hall–Kier alpha value is -4.44. The molecule has 0 saturated heterocycles. The molecule has 0 saturated carbocycles. The molecule has 0 aliphatic heterocycles. The third-order valence-electron chi connectivity index (χ3n) is 4.72. The molecular weight excluding hydrogens is 396 g/mol. The van der Waals surface area contributed by atoms with Crippen molar-refractivity contribution in [1.29, 1.82) is 0 Å². The second-order valence-corrected chi connectivity index (χ2v) is 6.98. The van der Waals surface area contributed by atoms with Gasteiger partial charge in [0, 0.05) is 11.1 Å². The predicted octanol–water partition coefficient (Wildman–Crippen LogP) is 6.30. The zero-order valence-corrected chi connectivity index (χ0v) is 17.3. The molecule has 0 aliphatic carbocycles. The first-order valence-electron chi connectivity index (χ1n) is 10.2. The Balaban J connectivity index is 1.92. The third-order valence-corrected chi connectivity index (χ3v) is 4.72. The van der Waals surface area contributed by atoms with Crippen molar-refractivity contribution < 1.29 is 9.59 Å². The number of aliphatic imine (C=N–C) groups is 2. The minimum Gasteiger partial charge on any atom is -0.287 e. The molecule has 4 nitrogen and oxygen atoms in total. The van der Waals surface area contributed by atoms with Gasteiger partial charge in [-0.2, -0.15) is 0 Å². The first kappa shape index (κ1) is 20.8. The van der Waals surface area contributed by atoms with Gasteiger partial charge in [-0.1, -0.05) is 97.1 Å². The number of Topliss-reactive ketones (excluding diaryl/α,β-unsaturated/α-hetero) is 2. The second kappa shape index (κ2) is 10.0. The molecular formula is C28H20N2O2. The highest BCUT2D eigenvalue weighted by Crippen LogP contribution is 2.18. The van der Waals surface area contributed by atoms with Crippen LogP contribution in [0.15, 0.2) is 131 Å². The number of ketones is 2. The first-order valence-corrected chi connectivity index (χ1v) is 10.2. The van der Waals surface area contributed by atoms with Crippen LogP contribution in [0, 0.1) is 0 Å². The van der Waals surface area contributed by atoms with Crippen molar-refractivity contribution >= 4 is 34.4 Å². The molecule has 0 amide bonds. The molecule has 4 rings (SSSR count). The fourth-order valence-electron chi connectivity index (χ4n) is 3.14. The number of nitrogens with zero attached hydrogens (tertiary/aromatic N) is 2. The molecule has 4 aromatic carbocycles. The summed E-state index contributed by atoms with van der Waals surface area (Å²) in [7, 11) is 0. The van der Waals surface area contributed by atoms with Crippen LogP contribution in [0.25, 0.3) is 0 Å². The van der Waals surface area contributed by atoms with E-state index in [-0.39, 0.29) is 23.0 Å². The lowest BCUT2D eigenvalue weighted by molar-refractivity contribution is 0.104. The van der Waals surface area contributed by atoms with Crippen molar-refractivity contribution in [1.82, 2.24) is 0 Å². The molecule has 0 radical (unpaired) electrons. The number of para-hydroxylation sites is 2. The summed E-state index contributed by atoms with van der Waals surface area (Å²) in [6.45, 7) is 0. The fourth-order valence-corrected chi connectivity index (χ4v) is 3.14. The predicted molar refractivity (Wildman–Crippen MR) is 129 cm³/mol. The lowest BCUT2D eigenvalue weighted by Gasteiger charge is -2.10. The maximum atomic E-state index is 13.6. The molecule has 4 aromatic rings. The van der Waals surface area contributed by atoms with Crippen molar-refractivity contribution in [3.63, 3.8) is 0 Å². The maximum absolute atomic E-state index is 13.6. The Labute approximate surface area is 186 Å². The van der Waals surface area contributed by atoms with Crippen LogP contribution in [-0.4, -0.2) is 23.0 Å². The van der Waals surface area contributed by atoms with Gasteiger partial charge in [0.1, 0.15) is 11.4 Å². The fraction of sp³-hybridized carbons (Fsp3) is 0. The summed E-state index contributed by atoms with van der Waals surface area (Å²) in [5.74, 6) is -0.734. The van der Waals surface area contributed by atoms with Crippen LogP contribution in [0.5, 0.6) is 0 Å². The molecule has 0 unspecified atom stereocenters. The maximum Gasteiger partial charge on any atom is 0.213 e. The molecule has 0 aromatic heterocycles. The summed E-state index contributed by atoms with van der Waals surface area (Å²) in [5.41, 5.74) is 2.00. The topological polar surface area (TPSA) is 58.9 Å². The van der Waals surface area contributed by atoms with Crippen LogP contribution in [0.1, 0.15) is 20.7 Å². The minimum absolute atomic E-state index is 0.0000983. The van der Waals surface area contributed by atoms with E-state index < -0.39 is 0 Å². The standard InChI is InChI=1S/C28H20N2O2/c31-27(21-13-5-1-6-14-21)25(29-23-17-9-3-10-18-23)26(30-24-19-11-4-12-20-24)28(32)22-15-7-2-8-16-22/h1-20H. The number of hydrogen-bond donors (Lipinski definition) is 0. The van der Waals surface area contributed by atoms with Gasteiger partial charge in [0.2, 0.25) is 11.6 Å². The lowest BCUT2D eigenvalue weighted by atomic mass is 9.97. The highest BCUT2D eigenvalue weighted by Gasteiger charge is 2.27. The molecule has 32 heavy (non-hydrogen) atoms. The van der Waals surface area contributed by atoms with Gasteiger partial charge in [-0.05, 0) is 24.3 Å². The summed E-state index contributed by atoms with van der Waals surface area (Å²) in [6, 6.07) is 35.8. The van der Waals surface area contributed by atoms with Gasteiger partial charge in [0.25, 0.3) is 0 Å². The molecule has 0 fully saturated rings. The summed E-state index contributed by atoms with van der Waals surface area (Å²) in [6.07, 6.45) is 0. The third kappa shape index (κ3) is 4.99. The van der Waals surface area contributed by atoms with Crippen molar-refractivity contribution in [3.8, 4) is 0 Å². The van der Waals surface area contributed by atoms with Gasteiger partial charge < -0.3 is 0 Å². The zero-order chi connectivity index (χ0) is 22.2. The van der Waals surface area contributed by atoms with Crippen LogP contribution in [0.4, 0.5) is 11.4 Å². The number of benzene rings is 4. The SMILES string of the molecule is O=C(C(=Nc1ccccc1)C(=Nc1ccccc1)C(=O)c1ccccc1)c1ccccc1. The van der Waals surface area contributed by atoms with E-state index in [1.165, 1.54) is 0 Å². The van der Waals surface area contributed by atoms with E-state index in [0.717, 1.165) is 0 Å². The van der Waals surface area contributed by atoms with E-state index in [1.807, 2.05) is 48.5 Å². The Bertz CT molecular complexity index is 1160. The van der Waals surface area contributed by atoms with Gasteiger partial charge in [-0.3, -0.25) is 9.59 Å². The van der Waals surface area contributed by atoms with E-state index in [0.29, 0.717) is 22.5 Å². The monoisotopic (exact) mass is 416 g/mol. The van der Waals surface area contributed by atoms with Crippen LogP contribution in [0.2, 0.25) is 0 Å². The number of carbonyl (C=O) groups excluding carboxylic acids is 2. The number of hydrogen-bond acceptors (Lipinski definition) is 4. The van der Waals surface area contributed by atoms with Gasteiger partial charge in [-0.15, -0.1) is 0 Å². The van der Waals surface area contributed by atoms with Gasteiger partial charge >= 0.3 is 0 Å². The van der Waals surface area contributed by atoms with E-state index in [2.05, 4.69) is 9.98 Å². The largest absolute Gasteiger partial charge is 0.287 e. The Morgan fingerprint density at radius 3 is 1.00 bits per heavy atom. The van der Waals surface area contributed by atoms with Crippen molar-refractivity contribution in [2.24, 2.45) is 9.98 Å². The molecule has 0 heterocycles. The summed E-state index contributed by atoms with van der Waals surface area (Å²) >= 11 is 0. The van der Waals surface area contributed by atoms with Crippen LogP contribution in [0.3, 0.4) is 0 Å². The summed E-state index contributed by atoms with van der Waals surface area (Å²) in [5, 5.41) is 0. The van der Waals surface area contributed by atoms with E-state index in [1.54, 1.807) is 72.8 Å². The molecule has 0 N–H and O–H groups in total. The summed E-state index contributed by atoms with van der Waals surface area (Å²) < 4.78 is 0. The quantitative estimate of drug-likeness (QED) is 0.262. The van der Waals surface area contributed by atoms with Gasteiger partial charge in [-0.25, -0.2) is 9.98 Å². The van der Waals surface area contributed by atoms with Crippen LogP contribution < -0.4 is 0 Å². The van der Waals surface area contributed by atoms with Crippen LogP contribution >= 0.6 is 0 Å². The Morgan fingerprint density at radius 2 is 0.688 bits per heavy atom. The highest BCUT2D eigenvalue weighted by molar-refractivity contribution is 6.84. The van der Waals surface area contributed by atoms with E-state index in [4.69, 9.17) is 0 Å². The van der Waals surface area contributed by atoms with Crippen molar-refractivity contribution in [2.45, 2.75) is 0 Å². The van der Waals surface area contributed by atoms with Gasteiger partial charge in [0.15, 0.2) is 0 Å². The lowest BCUT2D eigenvalue weighted by Crippen LogP contribution is -2.31. The first-order chi connectivity index (χ1) is 15.7. The molecule has 0 atom stereocenters. The molecule has 0 spiro atoms. The zero-order valence-electron chi connectivity index (χ0n) is 17.3. The smallest absolute Gasteiger partial charge is 0.213 e. The normalized spacial score (nSPS) is 11.8. The number of rotatable bonds is 7. The average molecular weight is 416 g/mol. The van der Waals surface area contributed by atoms with Crippen molar-refractivity contribution in [2.75, 3.05) is 0 Å². The van der Waals surface area contributed by atoms with Gasteiger partial charge in [0.05, 0.1) is 11.4 Å². The Kier molecular flexibility index (Phi) is 6.54. The average Bonchev–Trinajstić information content (AvgIpc) is 2.87. The molecule has 154 valence electrons. The highest BCUT2D eigenvalue weighted by atomic mass is 16.1. The Morgan fingerprint density at radius 1 is 0.406 bits per heavy atom. The molecule has 0 bridgehead atoms. The van der Waals surface area contributed by atoms with E-state index >= 15 is 0 Å². The second-order valence-electron chi connectivity index (χ2n) is 6.98. The van der Waals surface area contributed by atoms with E-state index in [9.17, 15) is 9.59 Å². The number of carbonyl (C=O) groups is 2. The minimum atomic E-state index is -0.367. The summed E-state index contributed by atoms with van der Waals surface area (Å²) in [4.78, 5) is 36.3. The molecule has 0 aliphatic rings. The van der Waals surface area contributed by atoms with Crippen molar-refractivity contribution in [3.05, 3.63) is 132 Å². The molecule has 4 heteroatoms. The van der Waals surface area contributed by atoms with Crippen LogP contribution in [-0.2, 0) is 0 Å².